The molecule has 0 radical (unpaired) electrons. The molecule has 0 aromatic heterocycles. The quantitative estimate of drug-likeness (QED) is 0.319. The fourth-order valence-electron chi connectivity index (χ4n) is 2.99. The first-order valence-electron chi connectivity index (χ1n) is 9.75. The molecule has 1 atom stereocenters. The van der Waals surface area contributed by atoms with Crippen molar-refractivity contribution in [3.63, 3.8) is 0 Å². The Hall–Kier alpha value is -0.610. The second-order valence-corrected chi connectivity index (χ2v) is 8.27. The van der Waals surface area contributed by atoms with Crippen molar-refractivity contribution in [1.29, 1.82) is 0 Å². The average Bonchev–Trinajstić information content (AvgIpc) is 2.53. The second kappa shape index (κ2) is 12.8. The van der Waals surface area contributed by atoms with E-state index in [0.717, 1.165) is 38.7 Å². The van der Waals surface area contributed by atoms with E-state index in [1.54, 1.807) is 7.11 Å². The van der Waals surface area contributed by atoms with Crippen molar-refractivity contribution >= 4 is 35.8 Å². The van der Waals surface area contributed by atoms with Crippen LogP contribution in [0.15, 0.2) is 4.99 Å². The van der Waals surface area contributed by atoms with Gasteiger partial charge in [-0.15, -0.1) is 24.0 Å². The zero-order valence-corrected chi connectivity index (χ0v) is 20.5. The Bertz CT molecular complexity index is 458. The van der Waals surface area contributed by atoms with Crippen LogP contribution in [0.1, 0.15) is 41.5 Å². The molecule has 0 aromatic rings. The van der Waals surface area contributed by atoms with Gasteiger partial charge in [-0.2, -0.15) is 0 Å². The maximum absolute atomic E-state index is 11.9. The zero-order chi connectivity index (χ0) is 19.7. The molecule has 8 heteroatoms. The number of guanidine groups is 1. The molecular formula is C19H40IN5O2. The highest BCUT2D eigenvalue weighted by Gasteiger charge is 2.25. The van der Waals surface area contributed by atoms with Crippen LogP contribution in [0.4, 0.5) is 0 Å². The van der Waals surface area contributed by atoms with E-state index in [1.807, 2.05) is 13.8 Å². The van der Waals surface area contributed by atoms with Gasteiger partial charge in [-0.1, -0.05) is 20.8 Å². The first kappa shape index (κ1) is 26.4. The lowest BCUT2D eigenvalue weighted by Crippen LogP contribution is -2.54. The standard InChI is InChI=1S/C19H39N5O2.HI/c1-8-20-18(21-13-16(26-7)19(4,5)6)24-11-9-23(10-12-24)14-17(25)22-15(2)3;/h15-16H,8-14H2,1-7H3,(H,20,21)(H,22,25);1H. The summed E-state index contributed by atoms with van der Waals surface area (Å²) in [6.45, 7) is 18.0. The number of nitrogens with one attached hydrogen (secondary N) is 2. The van der Waals surface area contributed by atoms with E-state index < -0.39 is 0 Å². The van der Waals surface area contributed by atoms with Gasteiger partial charge in [0.25, 0.3) is 0 Å². The summed E-state index contributed by atoms with van der Waals surface area (Å²) < 4.78 is 5.62. The SMILES string of the molecule is CCNC(=NCC(OC)C(C)(C)C)N1CCN(CC(=O)NC(C)C)CC1.I. The fraction of sp³-hybridized carbons (Fsp3) is 0.895. The number of methoxy groups -OCH3 is 1. The Morgan fingerprint density at radius 2 is 1.78 bits per heavy atom. The minimum absolute atomic E-state index is 0. The Labute approximate surface area is 182 Å². The summed E-state index contributed by atoms with van der Waals surface area (Å²) in [6.07, 6.45) is 0.0807. The molecule has 1 saturated heterocycles. The highest BCUT2D eigenvalue weighted by molar-refractivity contribution is 14.0. The number of nitrogens with zero attached hydrogens (tertiary/aromatic N) is 3. The molecule has 27 heavy (non-hydrogen) atoms. The number of piperazine rings is 1. The van der Waals surface area contributed by atoms with Gasteiger partial charge in [-0.25, -0.2) is 0 Å². The molecule has 0 spiro atoms. The lowest BCUT2D eigenvalue weighted by Gasteiger charge is -2.36. The van der Waals surface area contributed by atoms with Gasteiger partial charge >= 0.3 is 0 Å². The van der Waals surface area contributed by atoms with Gasteiger partial charge in [0.1, 0.15) is 0 Å². The first-order chi connectivity index (χ1) is 12.2. The van der Waals surface area contributed by atoms with Crippen molar-refractivity contribution in [3.8, 4) is 0 Å². The minimum atomic E-state index is 0. The lowest BCUT2D eigenvalue weighted by atomic mass is 9.89. The minimum Gasteiger partial charge on any atom is -0.379 e. The fourth-order valence-corrected chi connectivity index (χ4v) is 2.99. The molecule has 1 amide bonds. The molecule has 1 heterocycles. The highest BCUT2D eigenvalue weighted by Crippen LogP contribution is 2.22. The van der Waals surface area contributed by atoms with Gasteiger partial charge in [-0.05, 0) is 26.2 Å². The van der Waals surface area contributed by atoms with Crippen LogP contribution in [0, 0.1) is 5.41 Å². The predicted octanol–water partition coefficient (Wildman–Crippen LogP) is 1.77. The summed E-state index contributed by atoms with van der Waals surface area (Å²) in [6, 6.07) is 0.188. The van der Waals surface area contributed by atoms with Gasteiger partial charge in [0.15, 0.2) is 5.96 Å². The van der Waals surface area contributed by atoms with E-state index >= 15 is 0 Å². The molecule has 0 aromatic carbocycles. The van der Waals surface area contributed by atoms with Gasteiger partial charge in [0.2, 0.25) is 5.91 Å². The Morgan fingerprint density at radius 1 is 1.19 bits per heavy atom. The van der Waals surface area contributed by atoms with Crippen LogP contribution in [0.2, 0.25) is 0 Å². The monoisotopic (exact) mass is 497 g/mol. The maximum atomic E-state index is 11.9. The number of halogens is 1. The van der Waals surface area contributed by atoms with Gasteiger partial charge in [-0.3, -0.25) is 14.7 Å². The van der Waals surface area contributed by atoms with E-state index in [4.69, 9.17) is 9.73 Å². The van der Waals surface area contributed by atoms with Crippen molar-refractivity contribution in [1.82, 2.24) is 20.4 Å². The Kier molecular flexibility index (Phi) is 12.5. The van der Waals surface area contributed by atoms with Crippen LogP contribution in [0.5, 0.6) is 0 Å². The molecule has 1 rings (SSSR count). The van der Waals surface area contributed by atoms with Crippen LogP contribution in [0.3, 0.4) is 0 Å². The topological polar surface area (TPSA) is 69.2 Å². The summed E-state index contributed by atoms with van der Waals surface area (Å²) in [5.74, 6) is 1.03. The third kappa shape index (κ3) is 9.94. The first-order valence-corrected chi connectivity index (χ1v) is 9.75. The predicted molar refractivity (Wildman–Crippen MR) is 123 cm³/mol. The average molecular weight is 497 g/mol. The molecule has 1 aliphatic rings. The second-order valence-electron chi connectivity index (χ2n) is 8.27. The van der Waals surface area contributed by atoms with E-state index in [2.05, 4.69) is 48.1 Å². The van der Waals surface area contributed by atoms with Crippen molar-refractivity contribution in [2.75, 3.05) is 52.9 Å². The third-order valence-electron chi connectivity index (χ3n) is 4.48. The van der Waals surface area contributed by atoms with E-state index in [0.29, 0.717) is 13.1 Å². The lowest BCUT2D eigenvalue weighted by molar-refractivity contribution is -0.123. The molecule has 0 aliphatic carbocycles. The Morgan fingerprint density at radius 3 is 2.22 bits per heavy atom. The number of amides is 1. The third-order valence-corrected chi connectivity index (χ3v) is 4.48. The van der Waals surface area contributed by atoms with Crippen LogP contribution >= 0.6 is 24.0 Å². The number of rotatable bonds is 7. The largest absolute Gasteiger partial charge is 0.379 e. The summed E-state index contributed by atoms with van der Waals surface area (Å²) in [5, 5.41) is 6.34. The molecule has 2 N–H and O–H groups in total. The Balaban J connectivity index is 0.00000676. The van der Waals surface area contributed by atoms with Crippen LogP contribution in [0.25, 0.3) is 0 Å². The highest BCUT2D eigenvalue weighted by atomic mass is 127. The van der Waals surface area contributed by atoms with Crippen molar-refractivity contribution in [2.45, 2.75) is 53.7 Å². The van der Waals surface area contributed by atoms with Crippen LogP contribution < -0.4 is 10.6 Å². The smallest absolute Gasteiger partial charge is 0.234 e. The summed E-state index contributed by atoms with van der Waals surface area (Å²) in [5.41, 5.74) is 0.0536. The normalized spacial score (nSPS) is 17.5. The van der Waals surface area contributed by atoms with Crippen LogP contribution in [-0.2, 0) is 9.53 Å². The van der Waals surface area contributed by atoms with Crippen molar-refractivity contribution in [3.05, 3.63) is 0 Å². The summed E-state index contributed by atoms with van der Waals surface area (Å²) >= 11 is 0. The number of carbonyl (C=O) groups is 1. The molecule has 7 nitrogen and oxygen atoms in total. The number of hydrogen-bond donors (Lipinski definition) is 2. The molecule has 1 aliphatic heterocycles. The molecule has 0 saturated carbocycles. The van der Waals surface area contributed by atoms with Crippen molar-refractivity contribution in [2.24, 2.45) is 10.4 Å². The number of aliphatic imine (C=N–C) groups is 1. The van der Waals surface area contributed by atoms with Crippen molar-refractivity contribution < 1.29 is 9.53 Å². The molecule has 1 fully saturated rings. The van der Waals surface area contributed by atoms with E-state index in [-0.39, 0.29) is 47.4 Å². The number of ether oxygens (including phenoxy) is 1. The summed E-state index contributed by atoms with van der Waals surface area (Å²) in [7, 11) is 1.75. The van der Waals surface area contributed by atoms with E-state index in [1.165, 1.54) is 0 Å². The van der Waals surface area contributed by atoms with Gasteiger partial charge in [0, 0.05) is 45.9 Å². The van der Waals surface area contributed by atoms with Crippen LogP contribution in [-0.4, -0.2) is 86.7 Å². The number of carbonyl (C=O) groups excluding carboxylic acids is 1. The van der Waals surface area contributed by atoms with E-state index in [9.17, 15) is 4.79 Å². The maximum Gasteiger partial charge on any atom is 0.234 e. The molecule has 160 valence electrons. The zero-order valence-electron chi connectivity index (χ0n) is 18.2. The molecule has 0 bridgehead atoms. The van der Waals surface area contributed by atoms with Gasteiger partial charge < -0.3 is 20.3 Å². The molecular weight excluding hydrogens is 457 g/mol. The number of hydrogen-bond acceptors (Lipinski definition) is 4. The summed E-state index contributed by atoms with van der Waals surface area (Å²) in [4.78, 5) is 21.2. The van der Waals surface area contributed by atoms with Gasteiger partial charge in [0.05, 0.1) is 19.2 Å². The molecule has 1 unspecified atom stereocenters.